The SMILES string of the molecule is COc1ccc(OCC(=O)NN=Cc2ccc(F)c(Br)c2)cc1. The van der Waals surface area contributed by atoms with Gasteiger partial charge in [-0.1, -0.05) is 6.07 Å². The maximum absolute atomic E-state index is 13.1. The average molecular weight is 381 g/mol. The topological polar surface area (TPSA) is 59.9 Å². The highest BCUT2D eigenvalue weighted by Crippen LogP contribution is 2.17. The fourth-order valence-electron chi connectivity index (χ4n) is 1.62. The fourth-order valence-corrected chi connectivity index (χ4v) is 2.02. The van der Waals surface area contributed by atoms with Crippen LogP contribution in [0.2, 0.25) is 0 Å². The number of methoxy groups -OCH3 is 1. The molecule has 2 aromatic rings. The molecule has 0 fully saturated rings. The van der Waals surface area contributed by atoms with E-state index in [1.165, 1.54) is 12.3 Å². The Labute approximate surface area is 141 Å². The van der Waals surface area contributed by atoms with Crippen molar-refractivity contribution in [2.75, 3.05) is 13.7 Å². The molecule has 0 unspecified atom stereocenters. The number of nitrogens with one attached hydrogen (secondary N) is 1. The molecule has 0 spiro atoms. The average Bonchev–Trinajstić information content (AvgIpc) is 2.56. The Bertz CT molecular complexity index is 705. The summed E-state index contributed by atoms with van der Waals surface area (Å²) in [6.07, 6.45) is 1.41. The molecule has 0 aliphatic carbocycles. The highest BCUT2D eigenvalue weighted by Gasteiger charge is 2.02. The van der Waals surface area contributed by atoms with E-state index in [4.69, 9.17) is 9.47 Å². The summed E-state index contributed by atoms with van der Waals surface area (Å²) in [5.41, 5.74) is 2.98. The highest BCUT2D eigenvalue weighted by atomic mass is 79.9. The Kier molecular flexibility index (Phi) is 6.10. The van der Waals surface area contributed by atoms with Crippen LogP contribution in [0.15, 0.2) is 52.0 Å². The third-order valence-electron chi connectivity index (χ3n) is 2.78. The second-order valence-electron chi connectivity index (χ2n) is 4.43. The van der Waals surface area contributed by atoms with Crippen molar-refractivity contribution >= 4 is 28.1 Å². The molecule has 2 aromatic carbocycles. The number of benzene rings is 2. The van der Waals surface area contributed by atoms with E-state index < -0.39 is 5.91 Å². The standard InChI is InChI=1S/C16H14BrFN2O3/c1-22-12-3-5-13(6-4-12)23-10-16(21)20-19-9-11-2-7-15(18)14(17)8-11/h2-9H,10H2,1H3,(H,20,21). The van der Waals surface area contributed by atoms with E-state index in [1.54, 1.807) is 43.5 Å². The highest BCUT2D eigenvalue weighted by molar-refractivity contribution is 9.10. The number of halogens is 2. The number of rotatable bonds is 6. The third kappa shape index (κ3) is 5.37. The molecule has 1 N–H and O–H groups in total. The molecule has 0 atom stereocenters. The van der Waals surface area contributed by atoms with Gasteiger partial charge >= 0.3 is 0 Å². The first-order valence-electron chi connectivity index (χ1n) is 6.62. The molecule has 0 aliphatic heterocycles. The van der Waals surface area contributed by atoms with E-state index in [0.717, 1.165) is 0 Å². The Balaban J connectivity index is 1.79. The lowest BCUT2D eigenvalue weighted by Gasteiger charge is -2.05. The number of nitrogens with zero attached hydrogens (tertiary/aromatic N) is 1. The lowest BCUT2D eigenvalue weighted by molar-refractivity contribution is -0.123. The third-order valence-corrected chi connectivity index (χ3v) is 3.38. The summed E-state index contributed by atoms with van der Waals surface area (Å²) in [6, 6.07) is 11.3. The lowest BCUT2D eigenvalue weighted by atomic mass is 10.2. The zero-order valence-electron chi connectivity index (χ0n) is 12.3. The number of hydrazone groups is 1. The van der Waals surface area contributed by atoms with Crippen molar-refractivity contribution in [2.45, 2.75) is 0 Å². The van der Waals surface area contributed by atoms with Crippen LogP contribution in [-0.2, 0) is 4.79 Å². The molecule has 5 nitrogen and oxygen atoms in total. The molecule has 0 saturated heterocycles. The predicted octanol–water partition coefficient (Wildman–Crippen LogP) is 3.13. The molecule has 120 valence electrons. The van der Waals surface area contributed by atoms with Crippen molar-refractivity contribution in [3.63, 3.8) is 0 Å². The summed E-state index contributed by atoms with van der Waals surface area (Å²) in [7, 11) is 1.57. The zero-order valence-corrected chi connectivity index (χ0v) is 13.8. The van der Waals surface area contributed by atoms with E-state index in [-0.39, 0.29) is 12.4 Å². The van der Waals surface area contributed by atoms with E-state index in [9.17, 15) is 9.18 Å². The zero-order chi connectivity index (χ0) is 16.7. The molecule has 0 saturated carbocycles. The van der Waals surface area contributed by atoms with Gasteiger partial charge in [-0.3, -0.25) is 4.79 Å². The van der Waals surface area contributed by atoms with Crippen LogP contribution in [0.25, 0.3) is 0 Å². The van der Waals surface area contributed by atoms with Crippen LogP contribution in [0.1, 0.15) is 5.56 Å². The summed E-state index contributed by atoms with van der Waals surface area (Å²) in [5, 5.41) is 3.78. The number of carbonyl (C=O) groups is 1. The Morgan fingerprint density at radius 3 is 2.61 bits per heavy atom. The van der Waals surface area contributed by atoms with Gasteiger partial charge in [0.1, 0.15) is 17.3 Å². The predicted molar refractivity (Wildman–Crippen MR) is 88.3 cm³/mol. The Morgan fingerprint density at radius 1 is 1.26 bits per heavy atom. The van der Waals surface area contributed by atoms with Crippen LogP contribution in [0.3, 0.4) is 0 Å². The first-order chi connectivity index (χ1) is 11.1. The summed E-state index contributed by atoms with van der Waals surface area (Å²) >= 11 is 3.07. The van der Waals surface area contributed by atoms with E-state index in [1.807, 2.05) is 0 Å². The van der Waals surface area contributed by atoms with E-state index >= 15 is 0 Å². The largest absolute Gasteiger partial charge is 0.497 e. The normalized spacial score (nSPS) is 10.6. The molecule has 0 radical (unpaired) electrons. The first-order valence-corrected chi connectivity index (χ1v) is 7.41. The summed E-state index contributed by atoms with van der Waals surface area (Å²) in [4.78, 5) is 11.6. The molecule has 1 amide bonds. The lowest BCUT2D eigenvalue weighted by Crippen LogP contribution is -2.24. The van der Waals surface area contributed by atoms with Gasteiger partial charge in [-0.25, -0.2) is 9.82 Å². The number of carbonyl (C=O) groups excluding carboxylic acids is 1. The van der Waals surface area contributed by atoms with Gasteiger partial charge in [0.2, 0.25) is 0 Å². The maximum atomic E-state index is 13.1. The minimum absolute atomic E-state index is 0.170. The first kappa shape index (κ1) is 17.0. The van der Waals surface area contributed by atoms with Gasteiger partial charge < -0.3 is 9.47 Å². The molecule has 0 aliphatic rings. The minimum atomic E-state index is -0.404. The van der Waals surface area contributed by atoms with E-state index in [2.05, 4.69) is 26.5 Å². The van der Waals surface area contributed by atoms with Crippen molar-refractivity contribution in [2.24, 2.45) is 5.10 Å². The van der Waals surface area contributed by atoms with Crippen LogP contribution in [0.5, 0.6) is 11.5 Å². The van der Waals surface area contributed by atoms with Crippen LogP contribution >= 0.6 is 15.9 Å². The number of hydrogen-bond acceptors (Lipinski definition) is 4. The summed E-state index contributed by atoms with van der Waals surface area (Å²) in [6.45, 7) is -0.170. The van der Waals surface area contributed by atoms with Crippen LogP contribution in [-0.4, -0.2) is 25.8 Å². The van der Waals surface area contributed by atoms with Gasteiger partial charge in [-0.05, 0) is 57.9 Å². The van der Waals surface area contributed by atoms with Gasteiger partial charge in [0.25, 0.3) is 5.91 Å². The second kappa shape index (κ2) is 8.28. The van der Waals surface area contributed by atoms with Gasteiger partial charge in [0.15, 0.2) is 6.61 Å². The van der Waals surface area contributed by atoms with Crippen molar-refractivity contribution in [3.8, 4) is 11.5 Å². The number of ether oxygens (including phenoxy) is 2. The minimum Gasteiger partial charge on any atom is -0.497 e. The van der Waals surface area contributed by atoms with Crippen LogP contribution < -0.4 is 14.9 Å². The van der Waals surface area contributed by atoms with Crippen LogP contribution in [0.4, 0.5) is 4.39 Å². The number of hydrogen-bond donors (Lipinski definition) is 1. The van der Waals surface area contributed by atoms with E-state index in [0.29, 0.717) is 21.5 Å². The molecular formula is C16H14BrFN2O3. The molecular weight excluding hydrogens is 367 g/mol. The van der Waals surface area contributed by atoms with Gasteiger partial charge in [-0.2, -0.15) is 5.10 Å². The number of amides is 1. The second-order valence-corrected chi connectivity index (χ2v) is 5.29. The molecule has 0 heterocycles. The molecule has 23 heavy (non-hydrogen) atoms. The van der Waals surface area contributed by atoms with Gasteiger partial charge in [0, 0.05) is 0 Å². The Morgan fingerprint density at radius 2 is 1.96 bits per heavy atom. The molecule has 7 heteroatoms. The van der Waals surface area contributed by atoms with Gasteiger partial charge in [0.05, 0.1) is 17.8 Å². The molecule has 0 aromatic heterocycles. The Hall–Kier alpha value is -2.41. The van der Waals surface area contributed by atoms with Crippen molar-refractivity contribution in [1.82, 2.24) is 5.43 Å². The smallest absolute Gasteiger partial charge is 0.277 e. The summed E-state index contributed by atoms with van der Waals surface area (Å²) < 4.78 is 23.7. The maximum Gasteiger partial charge on any atom is 0.277 e. The van der Waals surface area contributed by atoms with Gasteiger partial charge in [-0.15, -0.1) is 0 Å². The monoisotopic (exact) mass is 380 g/mol. The van der Waals surface area contributed by atoms with Crippen molar-refractivity contribution in [3.05, 3.63) is 58.3 Å². The summed E-state index contributed by atoms with van der Waals surface area (Å²) in [5.74, 6) is 0.488. The molecule has 0 bridgehead atoms. The molecule has 2 rings (SSSR count). The quantitative estimate of drug-likeness (QED) is 0.618. The van der Waals surface area contributed by atoms with Crippen LogP contribution in [0, 0.1) is 5.82 Å². The van der Waals surface area contributed by atoms with Crippen molar-refractivity contribution in [1.29, 1.82) is 0 Å². The van der Waals surface area contributed by atoms with Crippen molar-refractivity contribution < 1.29 is 18.7 Å². The fraction of sp³-hybridized carbons (Fsp3) is 0.125.